The van der Waals surface area contributed by atoms with Crippen molar-refractivity contribution in [1.82, 2.24) is 20.2 Å². The fraction of sp³-hybridized carbons (Fsp3) is 0.450. The summed E-state index contributed by atoms with van der Waals surface area (Å²) in [7, 11) is 0. The summed E-state index contributed by atoms with van der Waals surface area (Å²) in [6, 6.07) is 10.2. The molecular formula is C20H24N4OS. The maximum atomic E-state index is 12.5. The van der Waals surface area contributed by atoms with Gasteiger partial charge in [0.1, 0.15) is 0 Å². The number of carbonyl (C=O) groups is 1. The fourth-order valence-corrected chi connectivity index (χ4v) is 4.41. The second kappa shape index (κ2) is 7.37. The van der Waals surface area contributed by atoms with Crippen LogP contribution in [-0.4, -0.2) is 45.7 Å². The lowest BCUT2D eigenvalue weighted by molar-refractivity contribution is -0.121. The minimum Gasteiger partial charge on any atom is -0.350 e. The van der Waals surface area contributed by atoms with Crippen LogP contribution in [-0.2, 0) is 11.3 Å². The van der Waals surface area contributed by atoms with Crippen LogP contribution in [0, 0.1) is 0 Å². The van der Waals surface area contributed by atoms with Crippen molar-refractivity contribution in [2.75, 3.05) is 19.3 Å². The first-order chi connectivity index (χ1) is 12.7. The molecule has 2 aliphatic heterocycles. The van der Waals surface area contributed by atoms with Gasteiger partial charge in [0.15, 0.2) is 5.16 Å². The zero-order valence-electron chi connectivity index (χ0n) is 15.0. The summed E-state index contributed by atoms with van der Waals surface area (Å²) in [6.07, 6.45) is 8.75. The van der Waals surface area contributed by atoms with Crippen molar-refractivity contribution in [3.63, 3.8) is 0 Å². The molecule has 1 aromatic carbocycles. The van der Waals surface area contributed by atoms with Crippen LogP contribution in [0.3, 0.4) is 0 Å². The van der Waals surface area contributed by atoms with Crippen LogP contribution in [0.4, 0.5) is 0 Å². The van der Waals surface area contributed by atoms with Gasteiger partial charge in [-0.25, -0.2) is 9.97 Å². The van der Waals surface area contributed by atoms with E-state index < -0.39 is 0 Å². The molecule has 2 fully saturated rings. The highest BCUT2D eigenvalue weighted by atomic mass is 32.2. The molecule has 26 heavy (non-hydrogen) atoms. The van der Waals surface area contributed by atoms with Crippen LogP contribution in [0.25, 0.3) is 0 Å². The number of nitrogens with one attached hydrogen (secondary N) is 1. The third kappa shape index (κ3) is 3.62. The third-order valence-electron chi connectivity index (χ3n) is 5.59. The van der Waals surface area contributed by atoms with E-state index in [1.807, 2.05) is 36.8 Å². The monoisotopic (exact) mass is 368 g/mol. The Labute approximate surface area is 158 Å². The number of piperidine rings is 1. The minimum atomic E-state index is -0.0344. The molecule has 0 saturated carbocycles. The van der Waals surface area contributed by atoms with E-state index in [4.69, 9.17) is 0 Å². The van der Waals surface area contributed by atoms with Gasteiger partial charge < -0.3 is 5.32 Å². The molecule has 136 valence electrons. The lowest BCUT2D eigenvalue weighted by Gasteiger charge is -2.39. The molecule has 1 N–H and O–H groups in total. The fourth-order valence-electron chi connectivity index (χ4n) is 4.09. The third-order valence-corrected chi connectivity index (χ3v) is 6.16. The molecule has 2 aliphatic rings. The molecular weight excluding hydrogens is 344 g/mol. The molecule has 1 unspecified atom stereocenters. The van der Waals surface area contributed by atoms with Crippen molar-refractivity contribution in [3.05, 3.63) is 53.9 Å². The number of thioether (sulfide) groups is 1. The topological polar surface area (TPSA) is 58.1 Å². The van der Waals surface area contributed by atoms with Crippen LogP contribution in [0.1, 0.15) is 36.3 Å². The number of hydrogen-bond donors (Lipinski definition) is 1. The van der Waals surface area contributed by atoms with E-state index in [0.717, 1.165) is 55.2 Å². The van der Waals surface area contributed by atoms with Gasteiger partial charge in [0.05, 0.1) is 5.92 Å². The Hall–Kier alpha value is -1.92. The van der Waals surface area contributed by atoms with Gasteiger partial charge in [-0.1, -0.05) is 42.1 Å². The predicted octanol–water partition coefficient (Wildman–Crippen LogP) is 2.84. The van der Waals surface area contributed by atoms with Crippen LogP contribution in [0.2, 0.25) is 0 Å². The van der Waals surface area contributed by atoms with E-state index in [1.54, 1.807) is 11.8 Å². The molecule has 6 heteroatoms. The maximum absolute atomic E-state index is 12.5. The number of likely N-dealkylation sites (tertiary alicyclic amines) is 1. The number of benzene rings is 1. The molecule has 1 aromatic heterocycles. The average molecular weight is 369 g/mol. The summed E-state index contributed by atoms with van der Waals surface area (Å²) >= 11 is 1.56. The second-order valence-corrected chi connectivity index (χ2v) is 8.06. The lowest BCUT2D eigenvalue weighted by Crippen LogP contribution is -2.50. The van der Waals surface area contributed by atoms with Crippen LogP contribution in [0.5, 0.6) is 0 Å². The molecule has 5 nitrogen and oxygen atoms in total. The molecule has 1 amide bonds. The Morgan fingerprint density at radius 1 is 1.19 bits per heavy atom. The summed E-state index contributed by atoms with van der Waals surface area (Å²) in [6.45, 7) is 2.86. The Morgan fingerprint density at radius 2 is 1.88 bits per heavy atom. The number of carbonyl (C=O) groups excluding carboxylic acids is 1. The van der Waals surface area contributed by atoms with Crippen molar-refractivity contribution >= 4 is 17.7 Å². The van der Waals surface area contributed by atoms with E-state index in [1.165, 1.54) is 0 Å². The molecule has 0 bridgehead atoms. The molecule has 0 radical (unpaired) electrons. The number of amides is 1. The van der Waals surface area contributed by atoms with Crippen molar-refractivity contribution in [3.8, 4) is 0 Å². The maximum Gasteiger partial charge on any atom is 0.228 e. The zero-order chi connectivity index (χ0) is 18.0. The minimum absolute atomic E-state index is 0.00441. The van der Waals surface area contributed by atoms with Crippen molar-refractivity contribution < 1.29 is 4.79 Å². The molecule has 0 aliphatic carbocycles. The number of hydrogen-bond acceptors (Lipinski definition) is 5. The highest BCUT2D eigenvalue weighted by Gasteiger charge is 2.46. The van der Waals surface area contributed by atoms with E-state index in [0.29, 0.717) is 0 Å². The van der Waals surface area contributed by atoms with Gasteiger partial charge >= 0.3 is 0 Å². The molecule has 2 saturated heterocycles. The quantitative estimate of drug-likeness (QED) is 0.664. The largest absolute Gasteiger partial charge is 0.350 e. The van der Waals surface area contributed by atoms with Gasteiger partial charge in [-0.15, -0.1) is 0 Å². The summed E-state index contributed by atoms with van der Waals surface area (Å²) in [4.78, 5) is 23.7. The van der Waals surface area contributed by atoms with E-state index in [2.05, 4.69) is 32.3 Å². The average Bonchev–Trinajstić information content (AvgIpc) is 3.01. The van der Waals surface area contributed by atoms with Crippen LogP contribution < -0.4 is 5.32 Å². The van der Waals surface area contributed by atoms with Crippen molar-refractivity contribution in [2.24, 2.45) is 0 Å². The summed E-state index contributed by atoms with van der Waals surface area (Å²) in [5.41, 5.74) is 2.25. The van der Waals surface area contributed by atoms with Gasteiger partial charge in [0, 0.05) is 43.1 Å². The highest BCUT2D eigenvalue weighted by molar-refractivity contribution is 7.98. The molecule has 3 heterocycles. The van der Waals surface area contributed by atoms with E-state index in [9.17, 15) is 4.79 Å². The SMILES string of the molecule is CSc1ncc(CN2CCC3(CC2)CC(c2ccccc2)C(=O)N3)cn1. The van der Waals surface area contributed by atoms with Gasteiger partial charge in [0.25, 0.3) is 0 Å². The first-order valence-corrected chi connectivity index (χ1v) is 10.3. The summed E-state index contributed by atoms with van der Waals surface area (Å²) < 4.78 is 0. The molecule has 4 rings (SSSR count). The zero-order valence-corrected chi connectivity index (χ0v) is 15.8. The van der Waals surface area contributed by atoms with Crippen LogP contribution in [0.15, 0.2) is 47.9 Å². The lowest BCUT2D eigenvalue weighted by atomic mass is 9.82. The normalized spacial score (nSPS) is 22.5. The van der Waals surface area contributed by atoms with Gasteiger partial charge in [-0.05, 0) is 31.1 Å². The molecule has 1 spiro atoms. The standard InChI is InChI=1S/C20H24N4OS/c1-26-19-21-12-15(13-22-19)14-24-9-7-20(8-10-24)11-17(18(25)23-20)16-5-3-2-4-6-16/h2-6,12-13,17H,7-11,14H2,1H3,(H,23,25). The molecule has 1 atom stereocenters. The number of aromatic nitrogens is 2. The van der Waals surface area contributed by atoms with Gasteiger partial charge in [-0.2, -0.15) is 0 Å². The smallest absolute Gasteiger partial charge is 0.228 e. The number of rotatable bonds is 4. The van der Waals surface area contributed by atoms with Gasteiger partial charge in [-0.3, -0.25) is 9.69 Å². The van der Waals surface area contributed by atoms with Crippen molar-refractivity contribution in [1.29, 1.82) is 0 Å². The Morgan fingerprint density at radius 3 is 2.54 bits per heavy atom. The van der Waals surface area contributed by atoms with E-state index >= 15 is 0 Å². The first-order valence-electron chi connectivity index (χ1n) is 9.12. The highest BCUT2D eigenvalue weighted by Crippen LogP contribution is 2.39. The number of nitrogens with zero attached hydrogens (tertiary/aromatic N) is 3. The van der Waals surface area contributed by atoms with E-state index in [-0.39, 0.29) is 17.4 Å². The Balaban J connectivity index is 1.36. The van der Waals surface area contributed by atoms with Gasteiger partial charge in [0.2, 0.25) is 5.91 Å². The Bertz CT molecular complexity index is 757. The molecule has 2 aromatic rings. The summed E-state index contributed by atoms with van der Waals surface area (Å²) in [5, 5.41) is 4.14. The van der Waals surface area contributed by atoms with Crippen LogP contribution >= 0.6 is 11.8 Å². The summed E-state index contributed by atoms with van der Waals surface area (Å²) in [5.74, 6) is 0.181. The Kier molecular flexibility index (Phi) is 4.96. The predicted molar refractivity (Wildman–Crippen MR) is 103 cm³/mol. The second-order valence-electron chi connectivity index (χ2n) is 7.29. The van der Waals surface area contributed by atoms with Crippen molar-refractivity contribution in [2.45, 2.75) is 42.4 Å². The first kappa shape index (κ1) is 17.5.